The van der Waals surface area contributed by atoms with Gasteiger partial charge in [-0.1, -0.05) is 20.8 Å². The molecule has 2 amide bonds. The zero-order chi connectivity index (χ0) is 14.8. The Hall–Kier alpha value is -1.26. The predicted molar refractivity (Wildman–Crippen MR) is 74.1 cm³/mol. The maximum absolute atomic E-state index is 12.5. The number of piperidine rings is 1. The first-order valence-corrected chi connectivity index (χ1v) is 6.84. The van der Waals surface area contributed by atoms with E-state index in [4.69, 9.17) is 0 Å². The van der Waals surface area contributed by atoms with Crippen molar-refractivity contribution in [2.75, 3.05) is 20.1 Å². The second-order valence-corrected chi connectivity index (χ2v) is 6.89. The van der Waals surface area contributed by atoms with E-state index in [9.17, 15) is 14.7 Å². The molecular weight excluding hydrogens is 244 g/mol. The van der Waals surface area contributed by atoms with Gasteiger partial charge in [-0.15, -0.1) is 0 Å². The average molecular weight is 270 g/mol. The van der Waals surface area contributed by atoms with Crippen molar-refractivity contribution < 1.29 is 14.7 Å². The molecule has 1 fully saturated rings. The quantitative estimate of drug-likeness (QED) is 0.838. The van der Waals surface area contributed by atoms with Gasteiger partial charge in [-0.3, -0.25) is 0 Å². The summed E-state index contributed by atoms with van der Waals surface area (Å²) in [4.78, 5) is 27.1. The van der Waals surface area contributed by atoms with Crippen LogP contribution in [0, 0.1) is 5.41 Å². The molecule has 1 aliphatic heterocycles. The minimum Gasteiger partial charge on any atom is -0.480 e. The van der Waals surface area contributed by atoms with E-state index in [2.05, 4.69) is 20.8 Å². The predicted octanol–water partition coefficient (Wildman–Crippen LogP) is 2.41. The standard InChI is InChI=1S/C14H26N2O3/c1-13(2,3)10-15(5)12(19)16-9-7-6-8-14(16,4)11(17)18/h6-10H2,1-5H3,(H,17,18). The molecule has 0 aliphatic carbocycles. The Morgan fingerprint density at radius 3 is 2.37 bits per heavy atom. The van der Waals surface area contributed by atoms with Crippen molar-refractivity contribution in [1.29, 1.82) is 0 Å². The second-order valence-electron chi connectivity index (χ2n) is 6.89. The number of carboxylic acid groups (broad SMARTS) is 1. The largest absolute Gasteiger partial charge is 0.480 e. The number of nitrogens with zero attached hydrogens (tertiary/aromatic N) is 2. The minimum atomic E-state index is -1.07. The van der Waals surface area contributed by atoms with Crippen LogP contribution >= 0.6 is 0 Å². The van der Waals surface area contributed by atoms with Gasteiger partial charge in [-0.05, 0) is 31.6 Å². The molecule has 0 radical (unpaired) electrons. The number of urea groups is 1. The molecule has 5 nitrogen and oxygen atoms in total. The highest BCUT2D eigenvalue weighted by Crippen LogP contribution is 2.29. The van der Waals surface area contributed by atoms with E-state index in [1.54, 1.807) is 18.9 Å². The van der Waals surface area contributed by atoms with Crippen molar-refractivity contribution in [3.05, 3.63) is 0 Å². The maximum Gasteiger partial charge on any atom is 0.329 e. The van der Waals surface area contributed by atoms with Gasteiger partial charge in [0.2, 0.25) is 0 Å². The normalized spacial score (nSPS) is 24.2. The lowest BCUT2D eigenvalue weighted by Gasteiger charge is -2.43. The summed E-state index contributed by atoms with van der Waals surface area (Å²) < 4.78 is 0. The number of hydrogen-bond acceptors (Lipinski definition) is 2. The zero-order valence-corrected chi connectivity index (χ0v) is 12.7. The first-order valence-electron chi connectivity index (χ1n) is 6.84. The molecule has 19 heavy (non-hydrogen) atoms. The molecule has 1 atom stereocenters. The van der Waals surface area contributed by atoms with E-state index in [0.29, 0.717) is 19.5 Å². The minimum absolute atomic E-state index is 0.000177. The van der Waals surface area contributed by atoms with Crippen LogP contribution in [0.15, 0.2) is 0 Å². The molecule has 1 rings (SSSR count). The van der Waals surface area contributed by atoms with Crippen LogP contribution in [0.3, 0.4) is 0 Å². The molecule has 0 aromatic carbocycles. The monoisotopic (exact) mass is 270 g/mol. The molecule has 0 saturated carbocycles. The molecular formula is C14H26N2O3. The number of rotatable bonds is 2. The van der Waals surface area contributed by atoms with Crippen LogP contribution in [0.1, 0.15) is 47.0 Å². The van der Waals surface area contributed by atoms with Gasteiger partial charge in [0.05, 0.1) is 0 Å². The van der Waals surface area contributed by atoms with Crippen LogP contribution < -0.4 is 0 Å². The highest BCUT2D eigenvalue weighted by molar-refractivity contribution is 5.86. The smallest absolute Gasteiger partial charge is 0.329 e. The van der Waals surface area contributed by atoms with E-state index in [1.807, 2.05) is 0 Å². The molecule has 1 heterocycles. The molecule has 1 unspecified atom stereocenters. The van der Waals surface area contributed by atoms with E-state index >= 15 is 0 Å². The number of carbonyl (C=O) groups excluding carboxylic acids is 1. The summed E-state index contributed by atoms with van der Waals surface area (Å²) in [7, 11) is 1.74. The van der Waals surface area contributed by atoms with Crippen molar-refractivity contribution in [2.24, 2.45) is 5.41 Å². The summed E-state index contributed by atoms with van der Waals surface area (Å²) in [5.74, 6) is -0.912. The van der Waals surface area contributed by atoms with Gasteiger partial charge in [0.1, 0.15) is 5.54 Å². The van der Waals surface area contributed by atoms with Crippen molar-refractivity contribution in [1.82, 2.24) is 9.80 Å². The third-order valence-corrected chi connectivity index (χ3v) is 3.62. The van der Waals surface area contributed by atoms with E-state index in [0.717, 1.165) is 12.8 Å². The summed E-state index contributed by atoms with van der Waals surface area (Å²) in [6.07, 6.45) is 2.25. The molecule has 1 saturated heterocycles. The van der Waals surface area contributed by atoms with Gasteiger partial charge in [-0.25, -0.2) is 9.59 Å². The Bertz CT molecular complexity index is 362. The van der Waals surface area contributed by atoms with Crippen LogP contribution in [-0.2, 0) is 4.79 Å². The van der Waals surface area contributed by atoms with Crippen molar-refractivity contribution in [3.8, 4) is 0 Å². The van der Waals surface area contributed by atoms with Crippen molar-refractivity contribution in [3.63, 3.8) is 0 Å². The lowest BCUT2D eigenvalue weighted by molar-refractivity contribution is -0.150. The van der Waals surface area contributed by atoms with Gasteiger partial charge in [0.15, 0.2) is 0 Å². The second kappa shape index (κ2) is 5.39. The van der Waals surface area contributed by atoms with Gasteiger partial charge < -0.3 is 14.9 Å². The fraction of sp³-hybridized carbons (Fsp3) is 0.857. The average Bonchev–Trinajstić information content (AvgIpc) is 2.26. The van der Waals surface area contributed by atoms with Crippen LogP contribution in [0.4, 0.5) is 4.79 Å². The van der Waals surface area contributed by atoms with Crippen LogP contribution in [0.5, 0.6) is 0 Å². The first kappa shape index (κ1) is 15.8. The summed E-state index contributed by atoms with van der Waals surface area (Å²) in [5.41, 5.74) is -1.07. The van der Waals surface area contributed by atoms with Crippen LogP contribution in [0.2, 0.25) is 0 Å². The Morgan fingerprint density at radius 1 is 1.32 bits per heavy atom. The van der Waals surface area contributed by atoms with Gasteiger partial charge in [-0.2, -0.15) is 0 Å². The van der Waals surface area contributed by atoms with Crippen LogP contribution in [0.25, 0.3) is 0 Å². The van der Waals surface area contributed by atoms with E-state index in [-0.39, 0.29) is 11.4 Å². The molecule has 0 aromatic heterocycles. The number of carboxylic acids is 1. The van der Waals surface area contributed by atoms with Crippen LogP contribution in [-0.4, -0.2) is 52.6 Å². The van der Waals surface area contributed by atoms with Gasteiger partial charge in [0, 0.05) is 20.1 Å². The lowest BCUT2D eigenvalue weighted by atomic mass is 9.88. The molecule has 5 heteroatoms. The van der Waals surface area contributed by atoms with Gasteiger partial charge >= 0.3 is 12.0 Å². The fourth-order valence-corrected chi connectivity index (χ4v) is 2.64. The summed E-state index contributed by atoms with van der Waals surface area (Å²) in [6.45, 7) is 8.96. The Morgan fingerprint density at radius 2 is 1.89 bits per heavy atom. The first-order chi connectivity index (χ1) is 8.58. The molecule has 0 bridgehead atoms. The molecule has 110 valence electrons. The van der Waals surface area contributed by atoms with Gasteiger partial charge in [0.25, 0.3) is 0 Å². The highest BCUT2D eigenvalue weighted by Gasteiger charge is 2.45. The zero-order valence-electron chi connectivity index (χ0n) is 12.7. The molecule has 1 aliphatic rings. The molecule has 0 spiro atoms. The number of hydrogen-bond donors (Lipinski definition) is 1. The third kappa shape index (κ3) is 3.61. The maximum atomic E-state index is 12.5. The number of likely N-dealkylation sites (tertiary alicyclic amines) is 1. The lowest BCUT2D eigenvalue weighted by Crippen LogP contribution is -2.60. The highest BCUT2D eigenvalue weighted by atomic mass is 16.4. The molecule has 1 N–H and O–H groups in total. The Balaban J connectivity index is 2.86. The van der Waals surface area contributed by atoms with E-state index in [1.165, 1.54) is 4.90 Å². The fourth-order valence-electron chi connectivity index (χ4n) is 2.64. The summed E-state index contributed by atoms with van der Waals surface area (Å²) >= 11 is 0. The summed E-state index contributed by atoms with van der Waals surface area (Å²) in [5, 5.41) is 9.42. The third-order valence-electron chi connectivity index (χ3n) is 3.62. The molecule has 0 aromatic rings. The van der Waals surface area contributed by atoms with Crippen molar-refractivity contribution >= 4 is 12.0 Å². The van der Waals surface area contributed by atoms with E-state index < -0.39 is 11.5 Å². The SMILES string of the molecule is CN(CC(C)(C)C)C(=O)N1CCCCC1(C)C(=O)O. The van der Waals surface area contributed by atoms with Crippen molar-refractivity contribution in [2.45, 2.75) is 52.5 Å². The number of aliphatic carboxylic acids is 1. The number of amides is 2. The Labute approximate surface area is 115 Å². The summed E-state index contributed by atoms with van der Waals surface area (Å²) in [6, 6.07) is -0.181. The number of carbonyl (C=O) groups is 2. The Kier molecular flexibility index (Phi) is 4.48. The topological polar surface area (TPSA) is 60.9 Å².